The van der Waals surface area contributed by atoms with Crippen molar-refractivity contribution < 1.29 is 21.7 Å². The second-order valence-electron chi connectivity index (χ2n) is 7.28. The summed E-state index contributed by atoms with van der Waals surface area (Å²) in [6.07, 6.45) is 4.76. The van der Waals surface area contributed by atoms with Crippen molar-refractivity contribution in [2.24, 2.45) is 10.8 Å². The topological polar surface area (TPSA) is 0 Å². The first kappa shape index (κ1) is 25.0. The third-order valence-corrected chi connectivity index (χ3v) is 5.11. The fraction of sp³-hybridized carbons (Fsp3) is 0.733. The fourth-order valence-electron chi connectivity index (χ4n) is 2.51. The van der Waals surface area contributed by atoms with E-state index in [-0.39, 0.29) is 57.4 Å². The summed E-state index contributed by atoms with van der Waals surface area (Å²) < 4.78 is 0. The van der Waals surface area contributed by atoms with Crippen molar-refractivity contribution in [3.63, 3.8) is 0 Å². The van der Waals surface area contributed by atoms with Crippen molar-refractivity contribution in [3.8, 4) is 0 Å². The first-order valence-electron chi connectivity index (χ1n) is 6.40. The molecule has 0 aromatic heterocycles. The summed E-state index contributed by atoms with van der Waals surface area (Å²) in [7, 11) is -0.695. The Morgan fingerprint density at radius 1 is 0.895 bits per heavy atom. The van der Waals surface area contributed by atoms with E-state index in [0.29, 0.717) is 0 Å². The molecule has 0 radical (unpaired) electrons. The van der Waals surface area contributed by atoms with Crippen LogP contribution in [0.4, 0.5) is 0 Å². The predicted molar refractivity (Wildman–Crippen MR) is 90.7 cm³/mol. The molecule has 0 spiro atoms. The molecule has 0 aromatic rings. The molecule has 1 rings (SSSR count). The van der Waals surface area contributed by atoms with Crippen LogP contribution in [0.5, 0.6) is 0 Å². The molecule has 19 heavy (non-hydrogen) atoms. The van der Waals surface area contributed by atoms with Crippen LogP contribution in [0.1, 0.15) is 48.0 Å². The van der Waals surface area contributed by atoms with Crippen molar-refractivity contribution in [2.75, 3.05) is 0 Å². The molecule has 0 nitrogen and oxygen atoms in total. The monoisotopic (exact) mass is 355 g/mol. The molecule has 0 N–H and O–H groups in total. The summed E-state index contributed by atoms with van der Waals surface area (Å²) in [5.74, 6) is 0. The normalized spacial score (nSPS) is 15.5. The van der Waals surface area contributed by atoms with E-state index in [4.69, 9.17) is 0 Å². The van der Waals surface area contributed by atoms with Gasteiger partial charge in [-0.2, -0.15) is 10.8 Å². The van der Waals surface area contributed by atoms with Gasteiger partial charge in [-0.1, -0.05) is 60.1 Å². The van der Waals surface area contributed by atoms with Gasteiger partial charge in [0.05, 0.1) is 0 Å². The van der Waals surface area contributed by atoms with Crippen molar-refractivity contribution in [3.05, 3.63) is 22.4 Å². The Kier molecular flexibility index (Phi) is 11.1. The smallest absolute Gasteiger partial charge is 0.0392 e. The number of hydrogen-bond donors (Lipinski definition) is 0. The van der Waals surface area contributed by atoms with Gasteiger partial charge in [0.2, 0.25) is 0 Å². The maximum atomic E-state index is 3.66. The van der Waals surface area contributed by atoms with Crippen molar-refractivity contribution >= 4 is 33.6 Å². The third kappa shape index (κ3) is 6.10. The standard InChI is InChI=1S/C15H27Si.2ClH.Ti/c1-14(2,3)11-9-10-12(16(7)8)13(11)15(4,5)6;;;/h16H,10H2,1-8H3;2*1H;/q-1;;;. The van der Waals surface area contributed by atoms with Crippen molar-refractivity contribution in [1.82, 2.24) is 0 Å². The van der Waals surface area contributed by atoms with Gasteiger partial charge >= 0.3 is 0 Å². The summed E-state index contributed by atoms with van der Waals surface area (Å²) >= 11 is 0. The van der Waals surface area contributed by atoms with Crippen LogP contribution in [0.2, 0.25) is 13.1 Å². The van der Waals surface area contributed by atoms with Gasteiger partial charge in [0.1, 0.15) is 0 Å². The van der Waals surface area contributed by atoms with Crippen molar-refractivity contribution in [1.29, 1.82) is 0 Å². The Labute approximate surface area is 149 Å². The second-order valence-corrected chi connectivity index (χ2v) is 10.3. The van der Waals surface area contributed by atoms with Crippen LogP contribution in [0.15, 0.2) is 16.3 Å². The van der Waals surface area contributed by atoms with E-state index < -0.39 is 8.80 Å². The Balaban J connectivity index is -0.000000853. The number of allylic oxidation sites excluding steroid dienone is 4. The zero-order valence-corrected chi connectivity index (χ0v) is 18.0. The Bertz CT molecular complexity index is 344. The molecular weight excluding hydrogens is 327 g/mol. The minimum atomic E-state index is -0.695. The van der Waals surface area contributed by atoms with E-state index in [1.54, 1.807) is 10.8 Å². The number of halogens is 2. The molecule has 0 unspecified atom stereocenters. The molecule has 4 heteroatoms. The molecule has 1 aliphatic carbocycles. The van der Waals surface area contributed by atoms with Crippen LogP contribution >= 0.6 is 24.8 Å². The molecule has 0 heterocycles. The van der Waals surface area contributed by atoms with Crippen LogP contribution in [0, 0.1) is 16.9 Å². The van der Waals surface area contributed by atoms with Gasteiger partial charge in [-0.25, -0.2) is 5.57 Å². The van der Waals surface area contributed by atoms with Gasteiger partial charge in [0, 0.05) is 30.5 Å². The molecule has 0 atom stereocenters. The van der Waals surface area contributed by atoms with E-state index >= 15 is 0 Å². The SMILES string of the molecule is C[SiH](C)C1=C(C(C)(C)C)C(C(C)(C)C)=[C-]C1.Cl.Cl.[Ti]. The van der Waals surface area contributed by atoms with E-state index in [1.807, 2.05) is 0 Å². The maximum absolute atomic E-state index is 3.66. The van der Waals surface area contributed by atoms with Gasteiger partial charge in [-0.05, 0) is 5.41 Å². The van der Waals surface area contributed by atoms with E-state index in [1.165, 1.54) is 5.57 Å². The Morgan fingerprint density at radius 2 is 1.32 bits per heavy atom. The number of hydrogen-bond acceptors (Lipinski definition) is 0. The van der Waals surface area contributed by atoms with Gasteiger partial charge in [-0.3, -0.25) is 6.08 Å². The van der Waals surface area contributed by atoms with Gasteiger partial charge in [-0.15, -0.1) is 31.2 Å². The molecular formula is C15H29Cl2SiTi-. The zero-order valence-electron chi connectivity index (χ0n) is 13.6. The third-order valence-electron chi connectivity index (χ3n) is 3.22. The molecule has 0 fully saturated rings. The van der Waals surface area contributed by atoms with E-state index in [2.05, 4.69) is 60.7 Å². The molecule has 0 amide bonds. The first-order chi connectivity index (χ1) is 7.05. The van der Waals surface area contributed by atoms with Crippen molar-refractivity contribution in [2.45, 2.75) is 61.1 Å². The average molecular weight is 356 g/mol. The first-order valence-corrected chi connectivity index (χ1v) is 9.29. The second kappa shape index (κ2) is 8.44. The molecule has 0 saturated carbocycles. The van der Waals surface area contributed by atoms with Gasteiger partial charge in [0.25, 0.3) is 0 Å². The molecule has 0 aromatic carbocycles. The summed E-state index contributed by atoms with van der Waals surface area (Å²) in [4.78, 5) is 0. The largest absolute Gasteiger partial charge is 0.269 e. The Morgan fingerprint density at radius 3 is 1.58 bits per heavy atom. The van der Waals surface area contributed by atoms with Crippen LogP contribution in [-0.2, 0) is 21.7 Å². The van der Waals surface area contributed by atoms with Gasteiger partial charge < -0.3 is 0 Å². The predicted octanol–water partition coefficient (Wildman–Crippen LogP) is 5.38. The minimum absolute atomic E-state index is 0. The summed E-state index contributed by atoms with van der Waals surface area (Å²) in [5.41, 5.74) is 3.63. The maximum Gasteiger partial charge on any atom is 0.0392 e. The summed E-state index contributed by atoms with van der Waals surface area (Å²) in [6.45, 7) is 18.8. The van der Waals surface area contributed by atoms with Crippen LogP contribution in [0.3, 0.4) is 0 Å². The van der Waals surface area contributed by atoms with Crippen LogP contribution in [-0.4, -0.2) is 8.80 Å². The molecule has 0 bridgehead atoms. The van der Waals surface area contributed by atoms with Gasteiger partial charge in [0.15, 0.2) is 0 Å². The van der Waals surface area contributed by atoms with Crippen LogP contribution < -0.4 is 0 Å². The van der Waals surface area contributed by atoms with E-state index in [9.17, 15) is 0 Å². The number of rotatable bonds is 1. The minimum Gasteiger partial charge on any atom is -0.269 e. The molecule has 0 saturated heterocycles. The molecule has 1 aliphatic rings. The fourth-order valence-corrected chi connectivity index (χ4v) is 4.18. The summed E-state index contributed by atoms with van der Waals surface area (Å²) in [6, 6.07) is 0. The molecule has 112 valence electrons. The average Bonchev–Trinajstić information content (AvgIpc) is 2.43. The van der Waals surface area contributed by atoms with E-state index in [0.717, 1.165) is 6.42 Å². The quantitative estimate of drug-likeness (QED) is 0.437. The molecule has 0 aliphatic heterocycles. The van der Waals surface area contributed by atoms with Crippen LogP contribution in [0.25, 0.3) is 0 Å². The summed E-state index contributed by atoms with van der Waals surface area (Å²) in [5, 5.41) is 1.73. The zero-order chi connectivity index (χ0) is 12.7. The Hall–Kier alpha value is 0.991.